The summed E-state index contributed by atoms with van der Waals surface area (Å²) >= 11 is 6.14. The zero-order valence-corrected chi connectivity index (χ0v) is 13.2. The lowest BCUT2D eigenvalue weighted by molar-refractivity contribution is -0.136. The van der Waals surface area contributed by atoms with Gasteiger partial charge in [-0.1, -0.05) is 11.6 Å². The maximum atomic E-state index is 13.5. The summed E-state index contributed by atoms with van der Waals surface area (Å²) in [7, 11) is 1.31. The average Bonchev–Trinajstić information content (AvgIpc) is 2.83. The van der Waals surface area contributed by atoms with E-state index in [9.17, 15) is 13.2 Å². The van der Waals surface area contributed by atoms with Crippen LogP contribution in [0.4, 0.5) is 24.9 Å². The Labute approximate surface area is 138 Å². The molecule has 3 rings (SSSR count). The van der Waals surface area contributed by atoms with Crippen LogP contribution in [0.2, 0.25) is 5.02 Å². The molecule has 0 saturated heterocycles. The number of rotatable bonds is 2. The summed E-state index contributed by atoms with van der Waals surface area (Å²) in [5.41, 5.74) is 4.83. The first kappa shape index (κ1) is 16.3. The van der Waals surface area contributed by atoms with Crippen LogP contribution in [0, 0.1) is 6.92 Å². The fourth-order valence-corrected chi connectivity index (χ4v) is 2.61. The first-order valence-electron chi connectivity index (χ1n) is 6.70. The number of fused-ring (bicyclic) bond motifs is 1. The predicted octanol–water partition coefficient (Wildman–Crippen LogP) is 3.89. The van der Waals surface area contributed by atoms with Crippen molar-refractivity contribution < 1.29 is 17.6 Å². The van der Waals surface area contributed by atoms with E-state index in [1.807, 2.05) is 0 Å². The summed E-state index contributed by atoms with van der Waals surface area (Å²) < 4.78 is 45.9. The number of anilines is 2. The molecule has 24 heavy (non-hydrogen) atoms. The summed E-state index contributed by atoms with van der Waals surface area (Å²) in [5, 5.41) is 2.42. The number of aryl methyl sites for hydroxylation is 1. The number of aromatic nitrogens is 3. The van der Waals surface area contributed by atoms with Crippen molar-refractivity contribution in [3.8, 4) is 11.3 Å². The van der Waals surface area contributed by atoms with Crippen molar-refractivity contribution in [1.29, 1.82) is 0 Å². The highest BCUT2D eigenvalue weighted by molar-refractivity contribution is 6.34. The first-order chi connectivity index (χ1) is 11.2. The Morgan fingerprint density at radius 1 is 1.21 bits per heavy atom. The van der Waals surface area contributed by atoms with Gasteiger partial charge in [0.15, 0.2) is 11.5 Å². The molecular weight excluding hydrogens is 347 g/mol. The van der Waals surface area contributed by atoms with Gasteiger partial charge in [0.1, 0.15) is 16.9 Å². The quantitative estimate of drug-likeness (QED) is 0.723. The number of nitrogen functional groups attached to an aromatic ring is 1. The van der Waals surface area contributed by atoms with E-state index in [0.29, 0.717) is 17.0 Å². The van der Waals surface area contributed by atoms with Gasteiger partial charge in [-0.25, -0.2) is 9.97 Å². The van der Waals surface area contributed by atoms with Gasteiger partial charge in [-0.05, 0) is 6.07 Å². The zero-order valence-electron chi connectivity index (χ0n) is 12.5. The molecule has 10 heteroatoms. The first-order valence-corrected chi connectivity index (χ1v) is 7.08. The van der Waals surface area contributed by atoms with Crippen LogP contribution in [0.15, 0.2) is 16.5 Å². The maximum Gasteiger partial charge on any atom is 0.422 e. The van der Waals surface area contributed by atoms with Crippen LogP contribution in [0.1, 0.15) is 11.5 Å². The lowest BCUT2D eigenvalue weighted by Crippen LogP contribution is -2.15. The zero-order chi connectivity index (χ0) is 17.6. The number of halogens is 4. The molecule has 0 aliphatic rings. The molecule has 0 saturated carbocycles. The summed E-state index contributed by atoms with van der Waals surface area (Å²) in [5.74, 6) is -0.375. The van der Waals surface area contributed by atoms with Crippen LogP contribution in [-0.4, -0.2) is 22.0 Å². The summed E-state index contributed by atoms with van der Waals surface area (Å²) in [6, 6.07) is 2.77. The van der Waals surface area contributed by atoms with Crippen LogP contribution >= 0.6 is 11.6 Å². The van der Waals surface area contributed by atoms with Gasteiger partial charge in [-0.15, -0.1) is 0 Å². The molecule has 0 spiro atoms. The number of benzene rings is 1. The Kier molecular flexibility index (Phi) is 3.75. The lowest BCUT2D eigenvalue weighted by Gasteiger charge is -2.17. The van der Waals surface area contributed by atoms with Crippen LogP contribution < -0.4 is 11.1 Å². The van der Waals surface area contributed by atoms with E-state index in [-0.39, 0.29) is 16.5 Å². The van der Waals surface area contributed by atoms with E-state index in [2.05, 4.69) is 20.3 Å². The highest BCUT2D eigenvalue weighted by Gasteiger charge is 2.39. The monoisotopic (exact) mass is 357 g/mol. The number of alkyl halides is 3. The maximum absolute atomic E-state index is 13.5. The molecule has 0 fully saturated rings. The number of oxazole rings is 1. The molecule has 6 nitrogen and oxygen atoms in total. The largest absolute Gasteiger partial charge is 0.441 e. The van der Waals surface area contributed by atoms with E-state index in [4.69, 9.17) is 21.8 Å². The Morgan fingerprint density at radius 3 is 2.54 bits per heavy atom. The van der Waals surface area contributed by atoms with Gasteiger partial charge in [-0.3, -0.25) is 0 Å². The minimum Gasteiger partial charge on any atom is -0.441 e. The average molecular weight is 358 g/mol. The predicted molar refractivity (Wildman–Crippen MR) is 83.7 cm³/mol. The van der Waals surface area contributed by atoms with Crippen LogP contribution in [0.25, 0.3) is 22.4 Å². The summed E-state index contributed by atoms with van der Waals surface area (Å²) in [6.45, 7) is 1.62. The third-order valence-corrected chi connectivity index (χ3v) is 3.60. The second kappa shape index (κ2) is 5.52. The summed E-state index contributed by atoms with van der Waals surface area (Å²) in [6.07, 6.45) is -4.71. The SMILES string of the molecule is CNc1nc(N)nc(-c2cc3nc(C)oc3cc2Cl)c1C(F)(F)F. The van der Waals surface area contributed by atoms with Gasteiger partial charge < -0.3 is 15.5 Å². The van der Waals surface area contributed by atoms with Crippen molar-refractivity contribution in [2.75, 3.05) is 18.1 Å². The van der Waals surface area contributed by atoms with Gasteiger partial charge in [-0.2, -0.15) is 18.2 Å². The Morgan fingerprint density at radius 2 is 1.92 bits per heavy atom. The topological polar surface area (TPSA) is 89.9 Å². The van der Waals surface area contributed by atoms with E-state index >= 15 is 0 Å². The van der Waals surface area contributed by atoms with Crippen molar-refractivity contribution in [2.45, 2.75) is 13.1 Å². The third-order valence-electron chi connectivity index (χ3n) is 3.29. The highest BCUT2D eigenvalue weighted by atomic mass is 35.5. The molecule has 0 atom stereocenters. The Hall–Kier alpha value is -2.55. The van der Waals surface area contributed by atoms with Crippen molar-refractivity contribution in [1.82, 2.24) is 15.0 Å². The number of hydrogen-bond acceptors (Lipinski definition) is 6. The molecule has 2 aromatic heterocycles. The molecule has 0 aliphatic heterocycles. The van der Waals surface area contributed by atoms with E-state index in [1.165, 1.54) is 19.2 Å². The number of hydrogen-bond donors (Lipinski definition) is 2. The number of nitrogens with zero attached hydrogens (tertiary/aromatic N) is 3. The van der Waals surface area contributed by atoms with Crippen LogP contribution in [-0.2, 0) is 6.18 Å². The second-order valence-electron chi connectivity index (χ2n) is 4.93. The highest BCUT2D eigenvalue weighted by Crippen LogP contribution is 2.43. The van der Waals surface area contributed by atoms with Crippen LogP contribution in [0.3, 0.4) is 0 Å². The molecule has 0 amide bonds. The standard InChI is InChI=1S/C14H11ClF3N5O/c1-5-21-8-3-6(7(15)4-9(8)24-5)11-10(14(16,17)18)12(20-2)23-13(19)22-11/h3-4H,1-2H3,(H3,19,20,22,23). The fraction of sp³-hybridized carbons (Fsp3) is 0.214. The van der Waals surface area contributed by atoms with Crippen molar-refractivity contribution >= 4 is 34.5 Å². The van der Waals surface area contributed by atoms with Gasteiger partial charge >= 0.3 is 6.18 Å². The van der Waals surface area contributed by atoms with Crippen LogP contribution in [0.5, 0.6) is 0 Å². The summed E-state index contributed by atoms with van der Waals surface area (Å²) in [4.78, 5) is 11.5. The minimum atomic E-state index is -4.71. The Balaban J connectivity index is 2.36. The van der Waals surface area contributed by atoms with Crippen molar-refractivity contribution in [3.63, 3.8) is 0 Å². The lowest BCUT2D eigenvalue weighted by atomic mass is 10.0. The molecule has 3 N–H and O–H groups in total. The molecular formula is C14H11ClF3N5O. The fourth-order valence-electron chi connectivity index (χ4n) is 2.37. The van der Waals surface area contributed by atoms with E-state index < -0.39 is 23.3 Å². The molecule has 0 bridgehead atoms. The third kappa shape index (κ3) is 2.71. The molecule has 2 heterocycles. The second-order valence-corrected chi connectivity index (χ2v) is 5.34. The number of nitrogens with one attached hydrogen (secondary N) is 1. The minimum absolute atomic E-state index is 0.0318. The van der Waals surface area contributed by atoms with Gasteiger partial charge in [0.05, 0.1) is 10.7 Å². The molecule has 0 radical (unpaired) electrons. The van der Waals surface area contributed by atoms with Gasteiger partial charge in [0.25, 0.3) is 0 Å². The molecule has 0 unspecified atom stereocenters. The van der Waals surface area contributed by atoms with Crippen molar-refractivity contribution in [2.24, 2.45) is 0 Å². The van der Waals surface area contributed by atoms with Gasteiger partial charge in [0.2, 0.25) is 5.95 Å². The van der Waals surface area contributed by atoms with Gasteiger partial charge in [0, 0.05) is 25.6 Å². The Bertz CT molecular complexity index is 938. The van der Waals surface area contributed by atoms with E-state index in [1.54, 1.807) is 6.92 Å². The van der Waals surface area contributed by atoms with Crippen molar-refractivity contribution in [3.05, 3.63) is 28.6 Å². The molecule has 1 aromatic carbocycles. The normalized spacial score (nSPS) is 11.9. The number of nitrogens with two attached hydrogens (primary N) is 1. The molecule has 126 valence electrons. The molecule has 0 aliphatic carbocycles. The smallest absolute Gasteiger partial charge is 0.422 e. The van der Waals surface area contributed by atoms with E-state index in [0.717, 1.165) is 0 Å². The molecule has 3 aromatic rings.